The van der Waals surface area contributed by atoms with Crippen LogP contribution in [0.3, 0.4) is 0 Å². The lowest BCUT2D eigenvalue weighted by Gasteiger charge is -2.30. The van der Waals surface area contributed by atoms with Gasteiger partial charge in [-0.3, -0.25) is 0 Å². The molecule has 1 aliphatic carbocycles. The van der Waals surface area contributed by atoms with Crippen molar-refractivity contribution in [3.05, 3.63) is 59.7 Å². The van der Waals surface area contributed by atoms with E-state index in [0.29, 0.717) is 5.96 Å². The zero-order valence-electron chi connectivity index (χ0n) is 21.5. The number of hydrogen-bond acceptors (Lipinski definition) is 3. The lowest BCUT2D eigenvalue weighted by Crippen LogP contribution is -2.35. The van der Waals surface area contributed by atoms with Crippen molar-refractivity contribution in [3.63, 3.8) is 0 Å². The molecule has 1 unspecified atom stereocenters. The van der Waals surface area contributed by atoms with Gasteiger partial charge in [0.05, 0.1) is 0 Å². The molecule has 1 aliphatic heterocycles. The third-order valence-corrected chi connectivity index (χ3v) is 7.06. The first-order valence-electron chi connectivity index (χ1n) is 12.7. The van der Waals surface area contributed by atoms with Gasteiger partial charge in [-0.2, -0.15) is 0 Å². The Morgan fingerprint density at radius 3 is 2.21 bits per heavy atom. The highest BCUT2D eigenvalue weighted by Gasteiger charge is 2.26. The van der Waals surface area contributed by atoms with E-state index in [1.165, 1.54) is 63.6 Å². The third-order valence-electron chi connectivity index (χ3n) is 7.06. The summed E-state index contributed by atoms with van der Waals surface area (Å²) in [4.78, 5) is 20.5. The highest BCUT2D eigenvalue weighted by Crippen LogP contribution is 2.29. The third kappa shape index (κ3) is 6.92. The van der Waals surface area contributed by atoms with Crippen LogP contribution in [0.5, 0.6) is 0 Å². The van der Waals surface area contributed by atoms with Gasteiger partial charge in [0.2, 0.25) is 0 Å². The fourth-order valence-corrected chi connectivity index (χ4v) is 4.89. The van der Waals surface area contributed by atoms with Gasteiger partial charge < -0.3 is 20.3 Å². The molecular formula is C29H42N4O. The number of nitrogens with two attached hydrogens (primary N) is 1. The monoisotopic (exact) mass is 462 g/mol. The highest BCUT2D eigenvalue weighted by molar-refractivity contribution is 5.82. The van der Waals surface area contributed by atoms with E-state index in [-0.39, 0.29) is 0 Å². The predicted octanol–water partition coefficient (Wildman–Crippen LogP) is 5.37. The van der Waals surface area contributed by atoms with Crippen molar-refractivity contribution in [3.8, 4) is 11.1 Å². The van der Waals surface area contributed by atoms with Gasteiger partial charge in [-0.25, -0.2) is 4.99 Å². The van der Waals surface area contributed by atoms with E-state index in [0.717, 1.165) is 29.0 Å². The van der Waals surface area contributed by atoms with Crippen LogP contribution in [0.4, 0.5) is 0 Å². The van der Waals surface area contributed by atoms with E-state index in [4.69, 9.17) is 5.73 Å². The number of aryl methyl sites for hydroxylation is 1. The first kappa shape index (κ1) is 26.0. The van der Waals surface area contributed by atoms with E-state index in [9.17, 15) is 4.79 Å². The van der Waals surface area contributed by atoms with Crippen LogP contribution in [0.2, 0.25) is 0 Å². The average molecular weight is 463 g/mol. The Morgan fingerprint density at radius 1 is 1.00 bits per heavy atom. The summed E-state index contributed by atoms with van der Waals surface area (Å²) in [6.07, 6.45) is 11.2. The second kappa shape index (κ2) is 12.2. The first-order chi connectivity index (χ1) is 16.3. The molecule has 0 amide bonds. The maximum Gasteiger partial charge on any atom is 0.192 e. The van der Waals surface area contributed by atoms with Gasteiger partial charge in [-0.05, 0) is 75.4 Å². The normalized spacial score (nSPS) is 19.1. The quantitative estimate of drug-likeness (QED) is 0.369. The Hall–Kier alpha value is -2.66. The fourth-order valence-electron chi connectivity index (χ4n) is 4.89. The van der Waals surface area contributed by atoms with E-state index in [1.54, 1.807) is 25.9 Å². The van der Waals surface area contributed by atoms with Gasteiger partial charge in [0.25, 0.3) is 0 Å². The van der Waals surface area contributed by atoms with Crippen molar-refractivity contribution in [2.75, 3.05) is 27.2 Å². The molecule has 34 heavy (non-hydrogen) atoms. The second-order valence-corrected chi connectivity index (χ2v) is 10.1. The zero-order chi connectivity index (χ0) is 24.6. The standard InChI is InChI=1S/C19H23N3O.C10H19N/c1-14-7-5-8-15(11-14)16-9-6-10-17(12-16)19(2,13-23)21-18(20)22(3)4;1-2-6-10(7-3-1)11-8-4-5-9-11/h5-13H,1-4H3,(H2,20,21);10H,1-9H2. The van der Waals surface area contributed by atoms with Crippen LogP contribution in [-0.4, -0.2) is 55.3 Å². The van der Waals surface area contributed by atoms with Crippen LogP contribution < -0.4 is 5.73 Å². The molecule has 2 fully saturated rings. The Labute approximate surface area is 206 Å². The number of likely N-dealkylation sites (tertiary alicyclic amines) is 1. The summed E-state index contributed by atoms with van der Waals surface area (Å²) in [6, 6.07) is 17.1. The molecule has 0 aromatic heterocycles. The SMILES string of the molecule is C1CCC(N2CCCC2)CC1.Cc1cccc(-c2cccc(C(C)(C=O)N=C(N)N(C)C)c2)c1. The predicted molar refractivity (Wildman–Crippen MR) is 143 cm³/mol. The zero-order valence-corrected chi connectivity index (χ0v) is 21.5. The van der Waals surface area contributed by atoms with Gasteiger partial charge in [-0.15, -0.1) is 0 Å². The van der Waals surface area contributed by atoms with Crippen LogP contribution in [-0.2, 0) is 10.3 Å². The van der Waals surface area contributed by atoms with Crippen molar-refractivity contribution < 1.29 is 4.79 Å². The van der Waals surface area contributed by atoms with Crippen molar-refractivity contribution in [1.29, 1.82) is 0 Å². The Bertz CT molecular complexity index is 958. The topological polar surface area (TPSA) is 61.9 Å². The number of aldehydes is 1. The number of hydrogen-bond donors (Lipinski definition) is 1. The molecule has 1 atom stereocenters. The van der Waals surface area contributed by atoms with Crippen LogP contribution in [0, 0.1) is 6.92 Å². The number of carbonyl (C=O) groups is 1. The average Bonchev–Trinajstić information content (AvgIpc) is 3.40. The second-order valence-electron chi connectivity index (χ2n) is 10.1. The lowest BCUT2D eigenvalue weighted by molar-refractivity contribution is -0.111. The molecule has 1 heterocycles. The summed E-state index contributed by atoms with van der Waals surface area (Å²) in [7, 11) is 3.60. The minimum atomic E-state index is -1.01. The highest BCUT2D eigenvalue weighted by atomic mass is 16.1. The van der Waals surface area contributed by atoms with E-state index >= 15 is 0 Å². The van der Waals surface area contributed by atoms with Gasteiger partial charge in [0.1, 0.15) is 5.54 Å². The van der Waals surface area contributed by atoms with Crippen LogP contribution in [0.1, 0.15) is 63.0 Å². The number of guanidine groups is 1. The molecule has 4 rings (SSSR count). The molecule has 2 aromatic carbocycles. The molecule has 2 N–H and O–H groups in total. The molecule has 0 radical (unpaired) electrons. The molecule has 0 spiro atoms. The van der Waals surface area contributed by atoms with Gasteiger partial charge in [-0.1, -0.05) is 67.3 Å². The molecule has 2 aliphatic rings. The number of carbonyl (C=O) groups excluding carboxylic acids is 1. The molecular weight excluding hydrogens is 420 g/mol. The first-order valence-corrected chi connectivity index (χ1v) is 12.7. The minimum Gasteiger partial charge on any atom is -0.370 e. The molecule has 184 valence electrons. The fraction of sp³-hybridized carbons (Fsp3) is 0.517. The van der Waals surface area contributed by atoms with E-state index < -0.39 is 5.54 Å². The van der Waals surface area contributed by atoms with Crippen molar-refractivity contribution in [1.82, 2.24) is 9.80 Å². The molecule has 5 nitrogen and oxygen atoms in total. The number of benzene rings is 2. The van der Waals surface area contributed by atoms with Gasteiger partial charge >= 0.3 is 0 Å². The molecule has 5 heteroatoms. The van der Waals surface area contributed by atoms with Crippen molar-refractivity contribution >= 4 is 12.2 Å². The molecule has 1 saturated heterocycles. The van der Waals surface area contributed by atoms with Crippen LogP contribution >= 0.6 is 0 Å². The maximum atomic E-state index is 11.7. The number of aliphatic imine (C=N–C) groups is 1. The van der Waals surface area contributed by atoms with Gasteiger partial charge in [0.15, 0.2) is 12.2 Å². The number of rotatable bonds is 5. The summed E-state index contributed by atoms with van der Waals surface area (Å²) < 4.78 is 0. The Kier molecular flexibility index (Phi) is 9.28. The maximum absolute atomic E-state index is 11.7. The Morgan fingerprint density at radius 2 is 1.62 bits per heavy atom. The minimum absolute atomic E-state index is 0.320. The largest absolute Gasteiger partial charge is 0.370 e. The van der Waals surface area contributed by atoms with Crippen LogP contribution in [0.15, 0.2) is 53.5 Å². The summed E-state index contributed by atoms with van der Waals surface area (Å²) in [5.41, 5.74) is 9.08. The molecule has 0 bridgehead atoms. The molecule has 1 saturated carbocycles. The van der Waals surface area contributed by atoms with Crippen molar-refractivity contribution in [2.24, 2.45) is 10.7 Å². The van der Waals surface area contributed by atoms with E-state index in [1.807, 2.05) is 30.3 Å². The van der Waals surface area contributed by atoms with Crippen LogP contribution in [0.25, 0.3) is 11.1 Å². The van der Waals surface area contributed by atoms with Crippen molar-refractivity contribution in [2.45, 2.75) is 70.4 Å². The summed E-state index contributed by atoms with van der Waals surface area (Å²) >= 11 is 0. The Balaban J connectivity index is 0.000000243. The van der Waals surface area contributed by atoms with Gasteiger partial charge in [0, 0.05) is 20.1 Å². The summed E-state index contributed by atoms with van der Waals surface area (Å²) in [5.74, 6) is 0.320. The summed E-state index contributed by atoms with van der Waals surface area (Å²) in [5, 5.41) is 0. The van der Waals surface area contributed by atoms with E-state index in [2.05, 4.69) is 35.0 Å². The summed E-state index contributed by atoms with van der Waals surface area (Å²) in [6.45, 7) is 6.62. The smallest absolute Gasteiger partial charge is 0.192 e. The number of nitrogens with zero attached hydrogens (tertiary/aromatic N) is 3. The molecule has 2 aromatic rings. The lowest BCUT2D eigenvalue weighted by atomic mass is 9.91.